The van der Waals surface area contributed by atoms with E-state index in [2.05, 4.69) is 42.5 Å². The third-order valence-corrected chi connectivity index (χ3v) is 6.73. The van der Waals surface area contributed by atoms with Crippen LogP contribution in [0.1, 0.15) is 29.0 Å². The lowest BCUT2D eigenvalue weighted by molar-refractivity contribution is -0.137. The van der Waals surface area contributed by atoms with Crippen molar-refractivity contribution in [1.82, 2.24) is 0 Å². The Labute approximate surface area is 182 Å². The molecule has 2 nitrogen and oxygen atoms in total. The van der Waals surface area contributed by atoms with E-state index in [-0.39, 0.29) is 11.8 Å². The van der Waals surface area contributed by atoms with Crippen LogP contribution in [0.4, 0.5) is 0 Å². The second-order valence-electron chi connectivity index (χ2n) is 8.25. The topological polar surface area (TPSA) is 26.3 Å². The van der Waals surface area contributed by atoms with E-state index in [1.165, 1.54) is 0 Å². The molecule has 3 aromatic rings. The summed E-state index contributed by atoms with van der Waals surface area (Å²) in [6.45, 7) is 0.934. The van der Waals surface area contributed by atoms with Crippen LogP contribution in [0, 0.1) is 11.3 Å². The summed E-state index contributed by atoms with van der Waals surface area (Å²) in [7, 11) is 0. The molecular weight excluding hydrogens is 392 g/mol. The summed E-state index contributed by atoms with van der Waals surface area (Å²) < 4.78 is 5.99. The van der Waals surface area contributed by atoms with E-state index < -0.39 is 5.41 Å². The van der Waals surface area contributed by atoms with E-state index in [0.717, 1.165) is 28.7 Å². The SMILES string of the molecule is O=C1[C@H]2COC[C@]1(C=C(c1ccccc1)c1ccccc1)[C@H](c1ccc(Cl)cc1)C2. The first kappa shape index (κ1) is 19.3. The third kappa shape index (κ3) is 3.30. The van der Waals surface area contributed by atoms with Gasteiger partial charge in [0.25, 0.3) is 0 Å². The first-order chi connectivity index (χ1) is 14.7. The zero-order chi connectivity index (χ0) is 20.6. The van der Waals surface area contributed by atoms with Gasteiger partial charge < -0.3 is 4.74 Å². The molecule has 30 heavy (non-hydrogen) atoms. The maximum atomic E-state index is 13.6. The van der Waals surface area contributed by atoms with Crippen molar-refractivity contribution in [2.45, 2.75) is 12.3 Å². The highest BCUT2D eigenvalue weighted by Gasteiger charge is 2.56. The van der Waals surface area contributed by atoms with Crippen molar-refractivity contribution in [2.24, 2.45) is 11.3 Å². The number of benzene rings is 3. The molecule has 0 amide bonds. The van der Waals surface area contributed by atoms with Gasteiger partial charge >= 0.3 is 0 Å². The van der Waals surface area contributed by atoms with Gasteiger partial charge in [-0.05, 0) is 40.8 Å². The molecule has 5 rings (SSSR count). The fourth-order valence-corrected chi connectivity index (χ4v) is 5.13. The average Bonchev–Trinajstić information content (AvgIpc) is 2.94. The molecular formula is C27H23ClO2. The molecule has 0 aromatic heterocycles. The third-order valence-electron chi connectivity index (χ3n) is 6.48. The summed E-state index contributed by atoms with van der Waals surface area (Å²) >= 11 is 6.13. The monoisotopic (exact) mass is 414 g/mol. The first-order valence-electron chi connectivity index (χ1n) is 10.4. The lowest BCUT2D eigenvalue weighted by Gasteiger charge is -2.34. The number of ether oxygens (including phenoxy) is 1. The number of hydrogen-bond donors (Lipinski definition) is 0. The van der Waals surface area contributed by atoms with Gasteiger partial charge in [0.2, 0.25) is 0 Å². The zero-order valence-corrected chi connectivity index (χ0v) is 17.4. The molecule has 1 heterocycles. The quantitative estimate of drug-likeness (QED) is 0.511. The van der Waals surface area contributed by atoms with Crippen LogP contribution in [0.25, 0.3) is 5.57 Å². The van der Waals surface area contributed by atoms with Crippen molar-refractivity contribution in [1.29, 1.82) is 0 Å². The van der Waals surface area contributed by atoms with Gasteiger partial charge in [-0.3, -0.25) is 4.79 Å². The number of fused-ring (bicyclic) bond motifs is 2. The van der Waals surface area contributed by atoms with Gasteiger partial charge in [-0.2, -0.15) is 0 Å². The van der Waals surface area contributed by atoms with E-state index in [4.69, 9.17) is 16.3 Å². The predicted octanol–water partition coefficient (Wildman–Crippen LogP) is 6.16. The van der Waals surface area contributed by atoms with Crippen molar-refractivity contribution in [3.8, 4) is 0 Å². The van der Waals surface area contributed by atoms with Crippen LogP contribution in [0.15, 0.2) is 91.0 Å². The molecule has 150 valence electrons. The van der Waals surface area contributed by atoms with Gasteiger partial charge in [0.05, 0.1) is 18.6 Å². The summed E-state index contributed by atoms with van der Waals surface area (Å²) in [5, 5.41) is 0.709. The highest BCUT2D eigenvalue weighted by Crippen LogP contribution is 2.54. The van der Waals surface area contributed by atoms with E-state index >= 15 is 0 Å². The molecule has 1 aliphatic carbocycles. The van der Waals surface area contributed by atoms with Crippen molar-refractivity contribution in [3.63, 3.8) is 0 Å². The molecule has 1 saturated heterocycles. The van der Waals surface area contributed by atoms with Crippen LogP contribution in [0.5, 0.6) is 0 Å². The number of carbonyl (C=O) groups is 1. The minimum atomic E-state index is -0.669. The molecule has 3 heteroatoms. The van der Waals surface area contributed by atoms with Gasteiger partial charge in [-0.1, -0.05) is 90.5 Å². The highest BCUT2D eigenvalue weighted by molar-refractivity contribution is 6.30. The minimum absolute atomic E-state index is 0.0523. The molecule has 2 fully saturated rings. The fourth-order valence-electron chi connectivity index (χ4n) is 5.01. The van der Waals surface area contributed by atoms with Crippen LogP contribution < -0.4 is 0 Å². The maximum absolute atomic E-state index is 13.6. The van der Waals surface area contributed by atoms with Crippen LogP contribution in [-0.2, 0) is 9.53 Å². The van der Waals surface area contributed by atoms with Gasteiger partial charge in [-0.25, -0.2) is 0 Å². The van der Waals surface area contributed by atoms with Crippen LogP contribution in [-0.4, -0.2) is 19.0 Å². The van der Waals surface area contributed by atoms with Gasteiger partial charge in [0.15, 0.2) is 5.78 Å². The number of carbonyl (C=O) groups excluding carboxylic acids is 1. The molecule has 2 aliphatic rings. The molecule has 1 aliphatic heterocycles. The molecule has 3 atom stereocenters. The number of hydrogen-bond acceptors (Lipinski definition) is 2. The molecule has 0 radical (unpaired) electrons. The Morgan fingerprint density at radius 1 is 0.900 bits per heavy atom. The smallest absolute Gasteiger partial charge is 0.151 e. The van der Waals surface area contributed by atoms with Crippen molar-refractivity contribution in [2.75, 3.05) is 13.2 Å². The largest absolute Gasteiger partial charge is 0.379 e. The number of rotatable bonds is 4. The lowest BCUT2D eigenvalue weighted by atomic mass is 9.71. The Bertz CT molecular complexity index is 1030. The minimum Gasteiger partial charge on any atom is -0.379 e. The van der Waals surface area contributed by atoms with E-state index in [9.17, 15) is 4.79 Å². The predicted molar refractivity (Wildman–Crippen MR) is 121 cm³/mol. The molecule has 0 spiro atoms. The average molecular weight is 415 g/mol. The molecule has 3 aromatic carbocycles. The van der Waals surface area contributed by atoms with Gasteiger partial charge in [-0.15, -0.1) is 0 Å². The van der Waals surface area contributed by atoms with Crippen LogP contribution >= 0.6 is 11.6 Å². The standard InChI is InChI=1S/C27H23ClO2/c28-23-13-11-21(12-14-23)25-15-22-17-30-18-27(25,26(22)29)16-24(19-7-3-1-4-8-19)20-9-5-2-6-10-20/h1-14,16,22,25H,15,17-18H2/t22-,25+,27-/m1/s1. The summed E-state index contributed by atoms with van der Waals surface area (Å²) in [5.41, 5.74) is 3.77. The Hall–Kier alpha value is -2.68. The van der Waals surface area contributed by atoms with Gasteiger partial charge in [0.1, 0.15) is 0 Å². The summed E-state index contributed by atoms with van der Waals surface area (Å²) in [6, 6.07) is 28.5. The second-order valence-corrected chi connectivity index (χ2v) is 8.68. The Morgan fingerprint density at radius 2 is 1.50 bits per heavy atom. The Morgan fingerprint density at radius 3 is 2.10 bits per heavy atom. The van der Waals surface area contributed by atoms with Crippen LogP contribution in [0.2, 0.25) is 5.02 Å². The molecule has 1 saturated carbocycles. The lowest BCUT2D eigenvalue weighted by Crippen LogP contribution is -2.41. The molecule has 2 bridgehead atoms. The van der Waals surface area contributed by atoms with Gasteiger partial charge in [0, 0.05) is 16.9 Å². The molecule has 0 N–H and O–H groups in total. The van der Waals surface area contributed by atoms with Crippen molar-refractivity contribution >= 4 is 23.0 Å². The van der Waals surface area contributed by atoms with E-state index in [0.29, 0.717) is 24.0 Å². The summed E-state index contributed by atoms with van der Waals surface area (Å²) in [5.74, 6) is 0.332. The van der Waals surface area contributed by atoms with Crippen molar-refractivity contribution < 1.29 is 9.53 Å². The normalized spacial score (nSPS) is 25.2. The number of ketones is 1. The second kappa shape index (κ2) is 7.86. The fraction of sp³-hybridized carbons (Fsp3) is 0.222. The van der Waals surface area contributed by atoms with E-state index in [1.807, 2.05) is 48.5 Å². The van der Waals surface area contributed by atoms with Crippen molar-refractivity contribution in [3.05, 3.63) is 113 Å². The first-order valence-corrected chi connectivity index (χ1v) is 10.8. The zero-order valence-electron chi connectivity index (χ0n) is 16.6. The molecule has 0 unspecified atom stereocenters. The Balaban J connectivity index is 1.69. The Kier molecular flexibility index (Phi) is 5.06. The number of Topliss-reactive ketones (excluding diaryl/α,β-unsaturated/α-hetero) is 1. The highest BCUT2D eigenvalue weighted by atomic mass is 35.5. The number of halogens is 1. The van der Waals surface area contributed by atoms with Crippen LogP contribution in [0.3, 0.4) is 0 Å². The maximum Gasteiger partial charge on any atom is 0.151 e. The summed E-state index contributed by atoms with van der Waals surface area (Å²) in [6.07, 6.45) is 3.01. The summed E-state index contributed by atoms with van der Waals surface area (Å²) in [4.78, 5) is 13.6. The van der Waals surface area contributed by atoms with E-state index in [1.54, 1.807) is 0 Å².